The highest BCUT2D eigenvalue weighted by Crippen LogP contribution is 2.33. The Morgan fingerprint density at radius 2 is 1.97 bits per heavy atom. The SMILES string of the molecule is O=C(Nc1c(C(=O)N(Cc2ccco2)CC2CCCO2)oc2ccccc12)c1cccc(F)c1. The van der Waals surface area contributed by atoms with E-state index in [4.69, 9.17) is 13.6 Å². The van der Waals surface area contributed by atoms with Crippen LogP contribution in [0.1, 0.15) is 39.5 Å². The van der Waals surface area contributed by atoms with E-state index in [0.29, 0.717) is 29.9 Å². The van der Waals surface area contributed by atoms with Crippen molar-refractivity contribution in [1.29, 1.82) is 0 Å². The summed E-state index contributed by atoms with van der Waals surface area (Å²) in [6.07, 6.45) is 3.25. The minimum absolute atomic E-state index is 0.00416. The Morgan fingerprint density at radius 3 is 2.74 bits per heavy atom. The molecule has 174 valence electrons. The number of anilines is 1. The lowest BCUT2D eigenvalue weighted by atomic mass is 10.1. The van der Waals surface area contributed by atoms with Crippen LogP contribution in [0, 0.1) is 5.82 Å². The van der Waals surface area contributed by atoms with E-state index < -0.39 is 17.6 Å². The summed E-state index contributed by atoms with van der Waals surface area (Å²) < 4.78 is 30.8. The van der Waals surface area contributed by atoms with E-state index in [1.54, 1.807) is 47.6 Å². The van der Waals surface area contributed by atoms with Gasteiger partial charge in [0, 0.05) is 24.1 Å². The molecule has 0 radical (unpaired) electrons. The Kier molecular flexibility index (Phi) is 6.14. The number of carbonyl (C=O) groups excluding carboxylic acids is 2. The lowest BCUT2D eigenvalue weighted by molar-refractivity contribution is 0.0471. The zero-order valence-corrected chi connectivity index (χ0v) is 18.3. The lowest BCUT2D eigenvalue weighted by Gasteiger charge is -2.24. The number of benzene rings is 2. The van der Waals surface area contributed by atoms with Gasteiger partial charge in [-0.1, -0.05) is 18.2 Å². The van der Waals surface area contributed by atoms with Crippen molar-refractivity contribution < 1.29 is 27.6 Å². The summed E-state index contributed by atoms with van der Waals surface area (Å²) in [5, 5.41) is 3.34. The first kappa shape index (κ1) is 21.9. The summed E-state index contributed by atoms with van der Waals surface area (Å²) in [6.45, 7) is 1.24. The van der Waals surface area contributed by atoms with Crippen LogP contribution in [0.2, 0.25) is 0 Å². The van der Waals surface area contributed by atoms with Crippen LogP contribution in [-0.4, -0.2) is 36.0 Å². The minimum atomic E-state index is -0.545. The zero-order chi connectivity index (χ0) is 23.5. The molecule has 0 aliphatic carbocycles. The largest absolute Gasteiger partial charge is 0.467 e. The predicted octanol–water partition coefficient (Wildman–Crippen LogP) is 5.24. The smallest absolute Gasteiger partial charge is 0.292 e. The highest BCUT2D eigenvalue weighted by Gasteiger charge is 2.30. The van der Waals surface area contributed by atoms with Crippen LogP contribution in [0.5, 0.6) is 0 Å². The molecule has 1 N–H and O–H groups in total. The van der Waals surface area contributed by atoms with E-state index >= 15 is 0 Å². The van der Waals surface area contributed by atoms with Crippen molar-refractivity contribution in [2.75, 3.05) is 18.5 Å². The van der Waals surface area contributed by atoms with Gasteiger partial charge in [0.1, 0.15) is 22.8 Å². The van der Waals surface area contributed by atoms with Crippen molar-refractivity contribution in [3.05, 3.63) is 89.8 Å². The van der Waals surface area contributed by atoms with E-state index in [2.05, 4.69) is 5.32 Å². The molecule has 0 saturated carbocycles. The molecule has 7 nitrogen and oxygen atoms in total. The van der Waals surface area contributed by atoms with Crippen LogP contribution in [0.3, 0.4) is 0 Å². The Morgan fingerprint density at radius 1 is 1.09 bits per heavy atom. The number of rotatable bonds is 7. The molecular formula is C26H23FN2O5. The van der Waals surface area contributed by atoms with Gasteiger partial charge in [-0.05, 0) is 55.3 Å². The zero-order valence-electron chi connectivity index (χ0n) is 18.3. The van der Waals surface area contributed by atoms with Crippen molar-refractivity contribution in [2.45, 2.75) is 25.5 Å². The maximum absolute atomic E-state index is 13.7. The van der Waals surface area contributed by atoms with Crippen LogP contribution >= 0.6 is 0 Å². The predicted molar refractivity (Wildman–Crippen MR) is 123 cm³/mol. The lowest BCUT2D eigenvalue weighted by Crippen LogP contribution is -2.37. The highest BCUT2D eigenvalue weighted by molar-refractivity contribution is 6.14. The Bertz CT molecular complexity index is 1310. The molecule has 2 amide bonds. The standard InChI is InChI=1S/C26H23FN2O5/c27-18-7-3-6-17(14-18)25(30)28-23-21-10-1-2-11-22(21)34-24(23)26(31)29(15-19-8-4-12-32-19)16-20-9-5-13-33-20/h1-4,6-8,10-12,14,20H,5,9,13,15-16H2,(H,28,30). The molecule has 2 aromatic heterocycles. The first-order valence-electron chi connectivity index (χ1n) is 11.1. The molecule has 5 rings (SSSR count). The molecule has 34 heavy (non-hydrogen) atoms. The second kappa shape index (κ2) is 9.52. The van der Waals surface area contributed by atoms with Gasteiger partial charge >= 0.3 is 0 Å². The first-order valence-corrected chi connectivity index (χ1v) is 11.1. The second-order valence-corrected chi connectivity index (χ2v) is 8.17. The van der Waals surface area contributed by atoms with Gasteiger partial charge in [0.2, 0.25) is 5.76 Å². The quantitative estimate of drug-likeness (QED) is 0.406. The Labute approximate surface area is 195 Å². The normalized spacial score (nSPS) is 15.5. The number of para-hydroxylation sites is 1. The van der Waals surface area contributed by atoms with Gasteiger partial charge in [0.05, 0.1) is 18.9 Å². The molecule has 4 aromatic rings. The van der Waals surface area contributed by atoms with Gasteiger partial charge in [-0.25, -0.2) is 4.39 Å². The number of carbonyl (C=O) groups is 2. The third kappa shape index (κ3) is 4.58. The fourth-order valence-corrected chi connectivity index (χ4v) is 4.12. The molecule has 1 fully saturated rings. The minimum Gasteiger partial charge on any atom is -0.467 e. The summed E-state index contributed by atoms with van der Waals surface area (Å²) in [7, 11) is 0. The molecule has 1 aliphatic rings. The number of amides is 2. The molecule has 0 spiro atoms. The Hall–Kier alpha value is -3.91. The fraction of sp³-hybridized carbons (Fsp3) is 0.231. The summed E-state index contributed by atoms with van der Waals surface area (Å²) in [5.74, 6) is -0.861. The van der Waals surface area contributed by atoms with Crippen LogP contribution in [0.25, 0.3) is 11.0 Å². The van der Waals surface area contributed by atoms with Crippen LogP contribution < -0.4 is 5.32 Å². The molecule has 8 heteroatoms. The van der Waals surface area contributed by atoms with Crippen molar-refractivity contribution in [3.8, 4) is 0 Å². The summed E-state index contributed by atoms with van der Waals surface area (Å²) in [6, 6.07) is 16.0. The van der Waals surface area contributed by atoms with Crippen molar-refractivity contribution >= 4 is 28.5 Å². The van der Waals surface area contributed by atoms with Gasteiger partial charge in [0.25, 0.3) is 11.8 Å². The van der Waals surface area contributed by atoms with Gasteiger partial charge < -0.3 is 23.8 Å². The van der Waals surface area contributed by atoms with Crippen molar-refractivity contribution in [1.82, 2.24) is 4.90 Å². The number of ether oxygens (including phenoxy) is 1. The highest BCUT2D eigenvalue weighted by atomic mass is 19.1. The number of hydrogen-bond donors (Lipinski definition) is 1. The molecular weight excluding hydrogens is 439 g/mol. The Balaban J connectivity index is 1.50. The number of furan rings is 2. The summed E-state index contributed by atoms with van der Waals surface area (Å²) in [4.78, 5) is 28.3. The maximum atomic E-state index is 13.7. The molecule has 0 bridgehead atoms. The van der Waals surface area contributed by atoms with Crippen molar-refractivity contribution in [3.63, 3.8) is 0 Å². The van der Waals surface area contributed by atoms with E-state index in [1.165, 1.54) is 18.2 Å². The van der Waals surface area contributed by atoms with Gasteiger partial charge in [-0.15, -0.1) is 0 Å². The number of fused-ring (bicyclic) bond motifs is 1. The fourth-order valence-electron chi connectivity index (χ4n) is 4.12. The first-order chi connectivity index (χ1) is 16.6. The topological polar surface area (TPSA) is 84.9 Å². The van der Waals surface area contributed by atoms with Crippen LogP contribution in [0.4, 0.5) is 10.1 Å². The van der Waals surface area contributed by atoms with Crippen molar-refractivity contribution in [2.24, 2.45) is 0 Å². The average Bonchev–Trinajstić information content (AvgIpc) is 3.60. The van der Waals surface area contributed by atoms with Crippen LogP contribution in [0.15, 0.2) is 75.8 Å². The van der Waals surface area contributed by atoms with Gasteiger partial charge in [0.15, 0.2) is 0 Å². The number of hydrogen-bond acceptors (Lipinski definition) is 5. The molecule has 1 aliphatic heterocycles. The average molecular weight is 462 g/mol. The third-order valence-electron chi connectivity index (χ3n) is 5.78. The monoisotopic (exact) mass is 462 g/mol. The summed E-state index contributed by atoms with van der Waals surface area (Å²) in [5.41, 5.74) is 0.831. The molecule has 1 unspecified atom stereocenters. The van der Waals surface area contributed by atoms with E-state index in [-0.39, 0.29) is 29.7 Å². The number of nitrogens with zero attached hydrogens (tertiary/aromatic N) is 1. The number of halogens is 1. The molecule has 3 heterocycles. The van der Waals surface area contributed by atoms with Gasteiger partial charge in [-0.2, -0.15) is 0 Å². The third-order valence-corrected chi connectivity index (χ3v) is 5.78. The van der Waals surface area contributed by atoms with Crippen LogP contribution in [-0.2, 0) is 11.3 Å². The summed E-state index contributed by atoms with van der Waals surface area (Å²) >= 11 is 0. The van der Waals surface area contributed by atoms with E-state index in [0.717, 1.165) is 18.9 Å². The van der Waals surface area contributed by atoms with Gasteiger partial charge in [-0.3, -0.25) is 9.59 Å². The number of nitrogens with one attached hydrogen (secondary N) is 1. The maximum Gasteiger partial charge on any atom is 0.292 e. The second-order valence-electron chi connectivity index (χ2n) is 8.17. The molecule has 1 atom stereocenters. The van der Waals surface area contributed by atoms with E-state index in [1.807, 2.05) is 0 Å². The molecule has 2 aromatic carbocycles. The van der Waals surface area contributed by atoms with E-state index in [9.17, 15) is 14.0 Å². The molecule has 1 saturated heterocycles.